The third-order valence-electron chi connectivity index (χ3n) is 10.1. The highest BCUT2D eigenvalue weighted by molar-refractivity contribution is 8.03. The standard InChI is InChI=1S/C29H44O2S/c1-8-9-10-19-23(30)21-17-11-12-18(15-17)22(21)24(19)32-25-20-13-14-29(7,28(20,5)6)26(25)31-16-27(2,3)4/h11-12,17-18,20-22,25-26H,8-10,13-16H2,1-7H3/t17?,18?,20-,21?,22?,25?,26-,29-/m1/s1. The molecule has 0 amide bonds. The Kier molecular flexibility index (Phi) is 5.61. The smallest absolute Gasteiger partial charge is 0.163 e. The van der Waals surface area contributed by atoms with Crippen molar-refractivity contribution in [3.05, 3.63) is 22.6 Å². The van der Waals surface area contributed by atoms with Crippen molar-refractivity contribution in [2.45, 2.75) is 98.3 Å². The summed E-state index contributed by atoms with van der Waals surface area (Å²) in [5.41, 5.74) is 1.90. The topological polar surface area (TPSA) is 26.3 Å². The number of ketones is 1. The van der Waals surface area contributed by atoms with Crippen molar-refractivity contribution < 1.29 is 9.53 Å². The van der Waals surface area contributed by atoms with E-state index in [9.17, 15) is 4.79 Å². The van der Waals surface area contributed by atoms with E-state index in [1.807, 2.05) is 0 Å². The quantitative estimate of drug-likeness (QED) is 0.372. The van der Waals surface area contributed by atoms with Crippen molar-refractivity contribution in [3.8, 4) is 0 Å². The van der Waals surface area contributed by atoms with E-state index in [0.29, 0.717) is 34.7 Å². The van der Waals surface area contributed by atoms with Gasteiger partial charge in [0.05, 0.1) is 12.7 Å². The van der Waals surface area contributed by atoms with Crippen LogP contribution in [0.1, 0.15) is 87.0 Å². The van der Waals surface area contributed by atoms with E-state index < -0.39 is 0 Å². The second-order valence-corrected chi connectivity index (χ2v) is 14.7. The molecule has 0 aromatic heterocycles. The Morgan fingerprint density at radius 3 is 2.47 bits per heavy atom. The number of carbonyl (C=O) groups excluding carboxylic acids is 1. The lowest BCUT2D eigenvalue weighted by atomic mass is 9.70. The maximum absolute atomic E-state index is 13.6. The lowest BCUT2D eigenvalue weighted by molar-refractivity contribution is -0.119. The van der Waals surface area contributed by atoms with Crippen molar-refractivity contribution >= 4 is 17.5 Å². The molecule has 5 aliphatic carbocycles. The Balaban J connectivity index is 1.49. The van der Waals surface area contributed by atoms with Crippen LogP contribution in [0.25, 0.3) is 0 Å². The molecule has 3 heteroatoms. The van der Waals surface area contributed by atoms with Crippen molar-refractivity contribution in [2.75, 3.05) is 6.61 Å². The Bertz CT molecular complexity index is 846. The Morgan fingerprint density at radius 1 is 1.12 bits per heavy atom. The maximum atomic E-state index is 13.6. The molecule has 5 aliphatic rings. The monoisotopic (exact) mass is 456 g/mol. The number of Topliss-reactive ketones (excluding diaryl/α,β-unsaturated/α-hetero) is 1. The Morgan fingerprint density at radius 2 is 1.81 bits per heavy atom. The zero-order valence-corrected chi connectivity index (χ0v) is 22.2. The minimum Gasteiger partial charge on any atom is -0.376 e. The van der Waals surface area contributed by atoms with Gasteiger partial charge in [0.25, 0.3) is 0 Å². The van der Waals surface area contributed by atoms with Crippen LogP contribution in [0.15, 0.2) is 22.6 Å². The van der Waals surface area contributed by atoms with Crippen LogP contribution >= 0.6 is 11.8 Å². The Hall–Kier alpha value is -0.540. The summed E-state index contributed by atoms with van der Waals surface area (Å²) in [7, 11) is 0. The van der Waals surface area contributed by atoms with Gasteiger partial charge in [-0.3, -0.25) is 4.79 Å². The molecule has 0 spiro atoms. The molecule has 3 fully saturated rings. The molecule has 0 aromatic rings. The third-order valence-corrected chi connectivity index (χ3v) is 11.7. The molecule has 5 rings (SSSR count). The van der Waals surface area contributed by atoms with Gasteiger partial charge in [0, 0.05) is 28.1 Å². The van der Waals surface area contributed by atoms with E-state index in [-0.39, 0.29) is 28.3 Å². The van der Waals surface area contributed by atoms with Crippen molar-refractivity contribution in [3.63, 3.8) is 0 Å². The number of thioether (sulfide) groups is 1. The van der Waals surface area contributed by atoms with Crippen LogP contribution in [0.2, 0.25) is 0 Å². The largest absolute Gasteiger partial charge is 0.376 e. The summed E-state index contributed by atoms with van der Waals surface area (Å²) in [6.07, 6.45) is 12.1. The fourth-order valence-corrected chi connectivity index (χ4v) is 10.2. The van der Waals surface area contributed by atoms with Gasteiger partial charge in [-0.05, 0) is 65.6 Å². The predicted octanol–water partition coefficient (Wildman–Crippen LogP) is 7.44. The van der Waals surface area contributed by atoms with E-state index in [2.05, 4.69) is 72.4 Å². The van der Waals surface area contributed by atoms with Crippen LogP contribution in [0.3, 0.4) is 0 Å². The van der Waals surface area contributed by atoms with Gasteiger partial charge >= 0.3 is 0 Å². The van der Waals surface area contributed by atoms with E-state index >= 15 is 0 Å². The molecule has 178 valence electrons. The molecule has 0 aliphatic heterocycles. The fourth-order valence-electron chi connectivity index (χ4n) is 7.94. The van der Waals surface area contributed by atoms with Gasteiger partial charge in [0.15, 0.2) is 5.78 Å². The van der Waals surface area contributed by atoms with Crippen LogP contribution in [-0.2, 0) is 9.53 Å². The van der Waals surface area contributed by atoms with Crippen LogP contribution in [0.5, 0.6) is 0 Å². The summed E-state index contributed by atoms with van der Waals surface area (Å²) in [5, 5.41) is 0.479. The molecule has 0 N–H and O–H groups in total. The first-order valence-corrected chi connectivity index (χ1v) is 14.1. The molecule has 0 radical (unpaired) electrons. The molecule has 3 saturated carbocycles. The van der Waals surface area contributed by atoms with Crippen LogP contribution in [0, 0.1) is 45.8 Å². The highest BCUT2D eigenvalue weighted by Crippen LogP contribution is 2.71. The number of carbonyl (C=O) groups is 1. The van der Waals surface area contributed by atoms with Gasteiger partial charge in [-0.2, -0.15) is 0 Å². The number of unbranched alkanes of at least 4 members (excludes halogenated alkanes) is 1. The minimum absolute atomic E-state index is 0.174. The minimum atomic E-state index is 0.174. The highest BCUT2D eigenvalue weighted by atomic mass is 32.2. The summed E-state index contributed by atoms with van der Waals surface area (Å²) < 4.78 is 6.84. The number of fused-ring (bicyclic) bond motifs is 7. The zero-order valence-electron chi connectivity index (χ0n) is 21.4. The Labute approximate surface area is 200 Å². The molecule has 5 unspecified atom stereocenters. The molecule has 4 bridgehead atoms. The normalized spacial score (nSPS) is 43.7. The van der Waals surface area contributed by atoms with Gasteiger partial charge in [-0.25, -0.2) is 0 Å². The first-order valence-electron chi connectivity index (χ1n) is 13.2. The first-order chi connectivity index (χ1) is 15.0. The summed E-state index contributed by atoms with van der Waals surface area (Å²) in [6, 6.07) is 0. The zero-order chi connectivity index (χ0) is 23.1. The van der Waals surface area contributed by atoms with Crippen molar-refractivity contribution in [1.82, 2.24) is 0 Å². The number of rotatable bonds is 7. The van der Waals surface area contributed by atoms with Gasteiger partial charge < -0.3 is 4.74 Å². The van der Waals surface area contributed by atoms with Gasteiger partial charge in [-0.15, -0.1) is 11.8 Å². The number of allylic oxidation sites excluding steroid dienone is 4. The molecule has 0 heterocycles. The highest BCUT2D eigenvalue weighted by Gasteiger charge is 2.68. The second-order valence-electron chi connectivity index (χ2n) is 13.5. The van der Waals surface area contributed by atoms with E-state index in [1.54, 1.807) is 0 Å². The van der Waals surface area contributed by atoms with Gasteiger partial charge in [-0.1, -0.05) is 67.0 Å². The molecule has 2 nitrogen and oxygen atoms in total. The number of hydrogen-bond acceptors (Lipinski definition) is 3. The van der Waals surface area contributed by atoms with Gasteiger partial charge in [0.2, 0.25) is 0 Å². The van der Waals surface area contributed by atoms with Crippen molar-refractivity contribution in [1.29, 1.82) is 0 Å². The van der Waals surface area contributed by atoms with Crippen molar-refractivity contribution in [2.24, 2.45) is 45.8 Å². The van der Waals surface area contributed by atoms with E-state index in [0.717, 1.165) is 25.9 Å². The lowest BCUT2D eigenvalue weighted by Gasteiger charge is -2.41. The average Bonchev–Trinajstić information content (AvgIpc) is 3.45. The summed E-state index contributed by atoms with van der Waals surface area (Å²) in [6.45, 7) is 17.4. The lowest BCUT2D eigenvalue weighted by Crippen LogP contribution is -2.42. The number of ether oxygens (including phenoxy) is 1. The summed E-state index contributed by atoms with van der Waals surface area (Å²) >= 11 is 2.12. The molecule has 8 atom stereocenters. The molecule has 0 saturated heterocycles. The van der Waals surface area contributed by atoms with E-state index in [1.165, 1.54) is 29.7 Å². The van der Waals surface area contributed by atoms with Gasteiger partial charge in [0.1, 0.15) is 0 Å². The van der Waals surface area contributed by atoms with Crippen LogP contribution < -0.4 is 0 Å². The van der Waals surface area contributed by atoms with Crippen LogP contribution in [-0.4, -0.2) is 23.7 Å². The summed E-state index contributed by atoms with van der Waals surface area (Å²) in [5.74, 6) is 2.97. The number of hydrogen-bond donors (Lipinski definition) is 0. The van der Waals surface area contributed by atoms with E-state index in [4.69, 9.17) is 4.74 Å². The fraction of sp³-hybridized carbons (Fsp3) is 0.828. The van der Waals surface area contributed by atoms with Crippen LogP contribution in [0.4, 0.5) is 0 Å². The molecular weight excluding hydrogens is 412 g/mol. The third kappa shape index (κ3) is 3.27. The first kappa shape index (κ1) is 23.2. The SMILES string of the molecule is CCCCC1=C(SC2[C@H]3CC[C@](C)([C@@H]2OCC(C)(C)C)C3(C)C)C2C3C=CC(C3)C2C1=O. The maximum Gasteiger partial charge on any atom is 0.163 e. The molecular formula is C29H44O2S. The predicted molar refractivity (Wildman–Crippen MR) is 134 cm³/mol. The second kappa shape index (κ2) is 7.74. The molecule has 32 heavy (non-hydrogen) atoms. The molecule has 0 aromatic carbocycles. The summed E-state index contributed by atoms with van der Waals surface area (Å²) in [4.78, 5) is 15.1. The average molecular weight is 457 g/mol.